The van der Waals surface area contributed by atoms with Gasteiger partial charge in [0.2, 0.25) is 0 Å². The molecule has 2 aliphatic rings. The average molecular weight is 253 g/mol. The molecule has 98 valence electrons. The van der Waals surface area contributed by atoms with E-state index in [2.05, 4.69) is 39.1 Å². The standard InChI is InChI=1S/C16H19N3/c1-2-4-13-8-15(7-12(13)3-1)19-11-17-9-16(19)10-18-14-5-6-14/h1-4,9,11,14-15,18H,5-8,10H2. The molecule has 3 heteroatoms. The molecule has 0 bridgehead atoms. The van der Waals surface area contributed by atoms with Crippen LogP contribution in [-0.4, -0.2) is 15.6 Å². The number of imidazole rings is 1. The van der Waals surface area contributed by atoms with E-state index in [0.29, 0.717) is 6.04 Å². The summed E-state index contributed by atoms with van der Waals surface area (Å²) >= 11 is 0. The zero-order valence-electron chi connectivity index (χ0n) is 11.0. The minimum Gasteiger partial charge on any atom is -0.330 e. The number of aromatic nitrogens is 2. The summed E-state index contributed by atoms with van der Waals surface area (Å²) in [5, 5.41) is 3.58. The molecule has 1 N–H and O–H groups in total. The second-order valence-electron chi connectivity index (χ2n) is 5.78. The van der Waals surface area contributed by atoms with E-state index in [1.165, 1.54) is 29.7 Å². The molecule has 19 heavy (non-hydrogen) atoms. The number of fused-ring (bicyclic) bond motifs is 1. The normalized spacial score (nSPS) is 18.7. The van der Waals surface area contributed by atoms with E-state index >= 15 is 0 Å². The van der Waals surface area contributed by atoms with Crippen LogP contribution in [0.15, 0.2) is 36.8 Å². The summed E-state index contributed by atoms with van der Waals surface area (Å²) in [6.45, 7) is 0.956. The minimum atomic E-state index is 0.552. The second kappa shape index (κ2) is 4.49. The van der Waals surface area contributed by atoms with Gasteiger partial charge in [-0.2, -0.15) is 0 Å². The van der Waals surface area contributed by atoms with Gasteiger partial charge < -0.3 is 9.88 Å². The Bertz CT molecular complexity index is 558. The van der Waals surface area contributed by atoms with Crippen LogP contribution in [0.25, 0.3) is 0 Å². The van der Waals surface area contributed by atoms with Gasteiger partial charge in [0.05, 0.1) is 12.0 Å². The molecule has 2 aromatic rings. The summed E-state index contributed by atoms with van der Waals surface area (Å²) in [4.78, 5) is 4.35. The maximum absolute atomic E-state index is 4.35. The quantitative estimate of drug-likeness (QED) is 0.907. The maximum Gasteiger partial charge on any atom is 0.0951 e. The Morgan fingerprint density at radius 3 is 2.58 bits per heavy atom. The lowest BCUT2D eigenvalue weighted by atomic mass is 10.1. The van der Waals surface area contributed by atoms with Gasteiger partial charge in [0.15, 0.2) is 0 Å². The molecule has 0 spiro atoms. The zero-order valence-corrected chi connectivity index (χ0v) is 11.0. The Morgan fingerprint density at radius 1 is 1.16 bits per heavy atom. The van der Waals surface area contributed by atoms with Crippen LogP contribution in [0.3, 0.4) is 0 Å². The van der Waals surface area contributed by atoms with E-state index in [4.69, 9.17) is 0 Å². The highest BCUT2D eigenvalue weighted by molar-refractivity contribution is 5.33. The number of hydrogen-bond acceptors (Lipinski definition) is 2. The van der Waals surface area contributed by atoms with Crippen LogP contribution in [0.5, 0.6) is 0 Å². The number of benzene rings is 1. The molecular formula is C16H19N3. The lowest BCUT2D eigenvalue weighted by Crippen LogP contribution is -2.20. The predicted octanol–water partition coefficient (Wildman–Crippen LogP) is 2.48. The first-order valence-corrected chi connectivity index (χ1v) is 7.21. The minimum absolute atomic E-state index is 0.552. The van der Waals surface area contributed by atoms with Crippen molar-refractivity contribution in [2.24, 2.45) is 0 Å². The second-order valence-corrected chi connectivity index (χ2v) is 5.78. The summed E-state index contributed by atoms with van der Waals surface area (Å²) in [6, 6.07) is 10.1. The van der Waals surface area contributed by atoms with Crippen LogP contribution >= 0.6 is 0 Å². The molecule has 4 rings (SSSR count). The summed E-state index contributed by atoms with van der Waals surface area (Å²) in [5.41, 5.74) is 4.33. The van der Waals surface area contributed by atoms with Gasteiger partial charge in [-0.05, 0) is 36.8 Å². The highest BCUT2D eigenvalue weighted by Crippen LogP contribution is 2.31. The molecule has 1 aromatic heterocycles. The summed E-state index contributed by atoms with van der Waals surface area (Å²) < 4.78 is 2.37. The van der Waals surface area contributed by atoms with Crippen LogP contribution in [0.4, 0.5) is 0 Å². The van der Waals surface area contributed by atoms with Gasteiger partial charge >= 0.3 is 0 Å². The van der Waals surface area contributed by atoms with Gasteiger partial charge in [0, 0.05) is 24.8 Å². The van der Waals surface area contributed by atoms with E-state index in [-0.39, 0.29) is 0 Å². The van der Waals surface area contributed by atoms with E-state index in [9.17, 15) is 0 Å². The Labute approximate surface area is 113 Å². The molecule has 0 radical (unpaired) electrons. The number of nitrogens with zero attached hydrogens (tertiary/aromatic N) is 2. The molecule has 0 aliphatic heterocycles. The molecule has 0 unspecified atom stereocenters. The number of hydrogen-bond donors (Lipinski definition) is 1. The summed E-state index contributed by atoms with van der Waals surface area (Å²) in [7, 11) is 0. The lowest BCUT2D eigenvalue weighted by Gasteiger charge is -2.15. The molecule has 2 aliphatic carbocycles. The molecule has 0 amide bonds. The molecule has 1 heterocycles. The van der Waals surface area contributed by atoms with Crippen molar-refractivity contribution >= 4 is 0 Å². The van der Waals surface area contributed by atoms with E-state index in [0.717, 1.165) is 25.4 Å². The Hall–Kier alpha value is -1.61. The largest absolute Gasteiger partial charge is 0.330 e. The van der Waals surface area contributed by atoms with Crippen molar-refractivity contribution < 1.29 is 0 Å². The Morgan fingerprint density at radius 2 is 1.89 bits per heavy atom. The average Bonchev–Trinajstić information content (AvgIpc) is 3.00. The molecule has 1 saturated carbocycles. The summed E-state index contributed by atoms with van der Waals surface area (Å²) in [5.74, 6) is 0. The molecule has 0 saturated heterocycles. The molecular weight excluding hydrogens is 234 g/mol. The fourth-order valence-electron chi connectivity index (χ4n) is 3.07. The monoisotopic (exact) mass is 253 g/mol. The van der Waals surface area contributed by atoms with Crippen LogP contribution in [-0.2, 0) is 19.4 Å². The number of nitrogens with one attached hydrogen (secondary N) is 1. The van der Waals surface area contributed by atoms with Crippen molar-refractivity contribution in [3.05, 3.63) is 53.6 Å². The predicted molar refractivity (Wildman–Crippen MR) is 75.0 cm³/mol. The van der Waals surface area contributed by atoms with Crippen molar-refractivity contribution in [1.82, 2.24) is 14.9 Å². The Balaban J connectivity index is 1.52. The third kappa shape index (κ3) is 2.19. The van der Waals surface area contributed by atoms with Crippen LogP contribution in [0.2, 0.25) is 0 Å². The molecule has 0 atom stereocenters. The zero-order chi connectivity index (χ0) is 12.7. The van der Waals surface area contributed by atoms with Gasteiger partial charge in [-0.25, -0.2) is 4.98 Å². The van der Waals surface area contributed by atoms with Gasteiger partial charge in [-0.1, -0.05) is 24.3 Å². The lowest BCUT2D eigenvalue weighted by molar-refractivity contribution is 0.497. The molecule has 1 fully saturated rings. The van der Waals surface area contributed by atoms with Gasteiger partial charge in [0.25, 0.3) is 0 Å². The fraction of sp³-hybridized carbons (Fsp3) is 0.438. The van der Waals surface area contributed by atoms with Gasteiger partial charge in [-0.15, -0.1) is 0 Å². The third-order valence-electron chi connectivity index (χ3n) is 4.32. The highest BCUT2D eigenvalue weighted by Gasteiger charge is 2.25. The molecule has 3 nitrogen and oxygen atoms in total. The first-order valence-electron chi connectivity index (χ1n) is 7.21. The van der Waals surface area contributed by atoms with Crippen LogP contribution in [0.1, 0.15) is 35.7 Å². The highest BCUT2D eigenvalue weighted by atomic mass is 15.1. The van der Waals surface area contributed by atoms with Crippen LogP contribution < -0.4 is 5.32 Å². The fourth-order valence-corrected chi connectivity index (χ4v) is 3.07. The Kier molecular flexibility index (Phi) is 2.66. The van der Waals surface area contributed by atoms with Gasteiger partial charge in [0.1, 0.15) is 0 Å². The van der Waals surface area contributed by atoms with E-state index < -0.39 is 0 Å². The number of rotatable bonds is 4. The first-order chi connectivity index (χ1) is 9.40. The first kappa shape index (κ1) is 11.2. The van der Waals surface area contributed by atoms with Crippen molar-refractivity contribution in [2.45, 2.75) is 44.3 Å². The third-order valence-corrected chi connectivity index (χ3v) is 4.32. The SMILES string of the molecule is c1ccc2c(c1)CC(n1cncc1CNC1CC1)C2. The van der Waals surface area contributed by atoms with Crippen LogP contribution in [0, 0.1) is 0 Å². The van der Waals surface area contributed by atoms with Crippen molar-refractivity contribution in [1.29, 1.82) is 0 Å². The molecule has 1 aromatic carbocycles. The van der Waals surface area contributed by atoms with Crippen molar-refractivity contribution in [3.8, 4) is 0 Å². The topological polar surface area (TPSA) is 29.9 Å². The van der Waals surface area contributed by atoms with Gasteiger partial charge in [-0.3, -0.25) is 0 Å². The van der Waals surface area contributed by atoms with E-state index in [1.807, 2.05) is 12.5 Å². The van der Waals surface area contributed by atoms with E-state index in [1.54, 1.807) is 0 Å². The summed E-state index contributed by atoms with van der Waals surface area (Å²) in [6.07, 6.45) is 8.97. The smallest absolute Gasteiger partial charge is 0.0951 e. The van der Waals surface area contributed by atoms with Crippen molar-refractivity contribution in [3.63, 3.8) is 0 Å². The van der Waals surface area contributed by atoms with Crippen molar-refractivity contribution in [2.75, 3.05) is 0 Å². The maximum atomic E-state index is 4.35.